The summed E-state index contributed by atoms with van der Waals surface area (Å²) >= 11 is 0. The Kier molecular flexibility index (Phi) is 2.78. The molecule has 86 valence electrons. The van der Waals surface area contributed by atoms with Gasteiger partial charge in [0.05, 0.1) is 18.2 Å². The van der Waals surface area contributed by atoms with Crippen LogP contribution in [-0.2, 0) is 4.74 Å². The van der Waals surface area contributed by atoms with Crippen molar-refractivity contribution in [3.63, 3.8) is 0 Å². The molecule has 4 heteroatoms. The fraction of sp³-hybridized carbons (Fsp3) is 0.0769. The van der Waals surface area contributed by atoms with Gasteiger partial charge < -0.3 is 9.84 Å². The van der Waals surface area contributed by atoms with E-state index >= 15 is 0 Å². The first kappa shape index (κ1) is 11.1. The molecule has 0 bridgehead atoms. The van der Waals surface area contributed by atoms with Gasteiger partial charge in [-0.3, -0.25) is 0 Å². The van der Waals surface area contributed by atoms with Crippen molar-refractivity contribution < 1.29 is 19.4 Å². The first-order chi connectivity index (χ1) is 8.13. The van der Waals surface area contributed by atoms with Gasteiger partial charge in [0, 0.05) is 0 Å². The summed E-state index contributed by atoms with van der Waals surface area (Å²) in [7, 11) is 1.23. The van der Waals surface area contributed by atoms with Gasteiger partial charge in [-0.1, -0.05) is 24.3 Å². The summed E-state index contributed by atoms with van der Waals surface area (Å²) in [6.07, 6.45) is 0. The highest BCUT2D eigenvalue weighted by molar-refractivity contribution is 6.06. The van der Waals surface area contributed by atoms with E-state index in [-0.39, 0.29) is 11.1 Å². The van der Waals surface area contributed by atoms with Crippen molar-refractivity contribution in [2.45, 2.75) is 0 Å². The predicted molar refractivity (Wildman–Crippen MR) is 62.2 cm³/mol. The summed E-state index contributed by atoms with van der Waals surface area (Å²) in [6, 6.07) is 10.3. The molecular formula is C13H10O4. The van der Waals surface area contributed by atoms with E-state index < -0.39 is 11.9 Å². The summed E-state index contributed by atoms with van der Waals surface area (Å²) in [4.78, 5) is 22.6. The molecule has 0 aliphatic carbocycles. The Morgan fingerprint density at radius 3 is 2.06 bits per heavy atom. The van der Waals surface area contributed by atoms with Crippen LogP contribution in [-0.4, -0.2) is 24.2 Å². The molecule has 0 unspecified atom stereocenters. The molecule has 0 fully saturated rings. The van der Waals surface area contributed by atoms with Crippen LogP contribution in [0.3, 0.4) is 0 Å². The Bertz CT molecular complexity index is 601. The number of aromatic carboxylic acids is 1. The largest absolute Gasteiger partial charge is 0.478 e. The number of carbonyl (C=O) groups excluding carboxylic acids is 1. The molecule has 0 radical (unpaired) electrons. The number of carbonyl (C=O) groups is 2. The molecule has 0 amide bonds. The second-order valence-electron chi connectivity index (χ2n) is 3.54. The number of ether oxygens (including phenoxy) is 1. The maximum Gasteiger partial charge on any atom is 0.338 e. The van der Waals surface area contributed by atoms with E-state index in [0.717, 1.165) is 10.8 Å². The number of methoxy groups -OCH3 is 1. The number of carboxylic acid groups (broad SMARTS) is 1. The molecule has 0 heterocycles. The fourth-order valence-corrected chi connectivity index (χ4v) is 1.70. The molecule has 1 N–H and O–H groups in total. The lowest BCUT2D eigenvalue weighted by molar-refractivity contribution is 0.0583. The average molecular weight is 230 g/mol. The standard InChI is InChI=1S/C13H10O4/c1-17-13(16)11-7-9-5-3-2-4-8(9)6-10(11)12(14)15/h2-7H,1H3,(H,14,15). The van der Waals surface area contributed by atoms with Crippen LogP contribution in [0.2, 0.25) is 0 Å². The highest BCUT2D eigenvalue weighted by Gasteiger charge is 2.17. The summed E-state index contributed by atoms with van der Waals surface area (Å²) in [5.74, 6) is -1.79. The van der Waals surface area contributed by atoms with Crippen LogP contribution in [0.15, 0.2) is 36.4 Å². The van der Waals surface area contributed by atoms with Crippen molar-refractivity contribution in [2.24, 2.45) is 0 Å². The normalized spacial score (nSPS) is 10.2. The minimum atomic E-state index is -1.14. The molecule has 0 spiro atoms. The molecule has 0 aliphatic heterocycles. The van der Waals surface area contributed by atoms with Crippen molar-refractivity contribution in [1.82, 2.24) is 0 Å². The SMILES string of the molecule is COC(=O)c1cc2ccccc2cc1C(=O)O. The molecular weight excluding hydrogens is 220 g/mol. The van der Waals surface area contributed by atoms with E-state index in [1.54, 1.807) is 6.07 Å². The van der Waals surface area contributed by atoms with Crippen molar-refractivity contribution in [2.75, 3.05) is 7.11 Å². The monoisotopic (exact) mass is 230 g/mol. The fourth-order valence-electron chi connectivity index (χ4n) is 1.70. The zero-order valence-corrected chi connectivity index (χ0v) is 9.14. The molecule has 0 saturated carbocycles. The number of fused-ring (bicyclic) bond motifs is 1. The van der Waals surface area contributed by atoms with Gasteiger partial charge in [0.2, 0.25) is 0 Å². The highest BCUT2D eigenvalue weighted by atomic mass is 16.5. The first-order valence-electron chi connectivity index (χ1n) is 4.98. The molecule has 17 heavy (non-hydrogen) atoms. The van der Waals surface area contributed by atoms with Gasteiger partial charge in [-0.05, 0) is 22.9 Å². The predicted octanol–water partition coefficient (Wildman–Crippen LogP) is 2.32. The Labute approximate surface area is 97.4 Å². The summed E-state index contributed by atoms with van der Waals surface area (Å²) in [5.41, 5.74) is 0.0225. The maximum absolute atomic E-state index is 11.5. The number of rotatable bonds is 2. The van der Waals surface area contributed by atoms with Gasteiger partial charge in [-0.25, -0.2) is 9.59 Å². The van der Waals surface area contributed by atoms with E-state index in [0.29, 0.717) is 0 Å². The molecule has 0 saturated heterocycles. The lowest BCUT2D eigenvalue weighted by Crippen LogP contribution is -2.10. The van der Waals surface area contributed by atoms with Crippen molar-refractivity contribution >= 4 is 22.7 Å². The quantitative estimate of drug-likeness (QED) is 0.804. The van der Waals surface area contributed by atoms with Gasteiger partial charge in [0.1, 0.15) is 0 Å². The smallest absolute Gasteiger partial charge is 0.338 e. The molecule has 0 atom stereocenters. The maximum atomic E-state index is 11.5. The third-order valence-corrected chi connectivity index (χ3v) is 2.52. The van der Waals surface area contributed by atoms with Crippen molar-refractivity contribution in [3.8, 4) is 0 Å². The number of benzene rings is 2. The third-order valence-electron chi connectivity index (χ3n) is 2.52. The molecule has 2 rings (SSSR count). The lowest BCUT2D eigenvalue weighted by Gasteiger charge is -2.06. The minimum absolute atomic E-state index is 0.0458. The van der Waals surface area contributed by atoms with Crippen LogP contribution >= 0.6 is 0 Å². The molecule has 0 aliphatic rings. The summed E-state index contributed by atoms with van der Waals surface area (Å²) < 4.78 is 4.57. The zero-order chi connectivity index (χ0) is 12.4. The Balaban J connectivity index is 2.75. The number of hydrogen-bond donors (Lipinski definition) is 1. The van der Waals surface area contributed by atoms with Crippen molar-refractivity contribution in [3.05, 3.63) is 47.5 Å². The minimum Gasteiger partial charge on any atom is -0.478 e. The number of esters is 1. The van der Waals surface area contributed by atoms with Crippen LogP contribution in [0.5, 0.6) is 0 Å². The first-order valence-corrected chi connectivity index (χ1v) is 4.98. The van der Waals surface area contributed by atoms with Crippen LogP contribution < -0.4 is 0 Å². The Morgan fingerprint density at radius 1 is 1.06 bits per heavy atom. The molecule has 4 nitrogen and oxygen atoms in total. The summed E-state index contributed by atoms with van der Waals surface area (Å²) in [6.45, 7) is 0. The molecule has 2 aromatic carbocycles. The topological polar surface area (TPSA) is 63.6 Å². The number of carboxylic acids is 1. The molecule has 0 aromatic heterocycles. The van der Waals surface area contributed by atoms with Gasteiger partial charge in [-0.2, -0.15) is 0 Å². The van der Waals surface area contributed by atoms with E-state index in [4.69, 9.17) is 5.11 Å². The van der Waals surface area contributed by atoms with E-state index in [1.165, 1.54) is 19.2 Å². The van der Waals surface area contributed by atoms with Crippen LogP contribution in [0, 0.1) is 0 Å². The van der Waals surface area contributed by atoms with E-state index in [1.807, 2.05) is 18.2 Å². The molecule has 2 aromatic rings. The number of hydrogen-bond acceptors (Lipinski definition) is 3. The average Bonchev–Trinajstić information content (AvgIpc) is 2.36. The van der Waals surface area contributed by atoms with Gasteiger partial charge >= 0.3 is 11.9 Å². The van der Waals surface area contributed by atoms with Crippen LogP contribution in [0.1, 0.15) is 20.7 Å². The zero-order valence-electron chi connectivity index (χ0n) is 9.14. The summed E-state index contributed by atoms with van der Waals surface area (Å²) in [5, 5.41) is 10.6. The van der Waals surface area contributed by atoms with E-state index in [9.17, 15) is 9.59 Å². The Morgan fingerprint density at radius 2 is 1.59 bits per heavy atom. The lowest BCUT2D eigenvalue weighted by atomic mass is 10.0. The second-order valence-corrected chi connectivity index (χ2v) is 3.54. The van der Waals surface area contributed by atoms with Gasteiger partial charge in [0.15, 0.2) is 0 Å². The van der Waals surface area contributed by atoms with Gasteiger partial charge in [0.25, 0.3) is 0 Å². The van der Waals surface area contributed by atoms with Crippen molar-refractivity contribution in [1.29, 1.82) is 0 Å². The Hall–Kier alpha value is -2.36. The van der Waals surface area contributed by atoms with Gasteiger partial charge in [-0.15, -0.1) is 0 Å². The highest BCUT2D eigenvalue weighted by Crippen LogP contribution is 2.21. The third kappa shape index (κ3) is 1.97. The van der Waals surface area contributed by atoms with Crippen LogP contribution in [0.4, 0.5) is 0 Å². The van der Waals surface area contributed by atoms with E-state index in [2.05, 4.69) is 4.74 Å². The second kappa shape index (κ2) is 4.25. The van der Waals surface area contributed by atoms with Crippen LogP contribution in [0.25, 0.3) is 10.8 Å².